The van der Waals surface area contributed by atoms with Gasteiger partial charge in [-0.05, 0) is 43.8 Å². The third kappa shape index (κ3) is 4.10. The maximum atomic E-state index is 13.4. The number of fused-ring (bicyclic) bond motifs is 1. The zero-order valence-corrected chi connectivity index (χ0v) is 18.5. The second-order valence-corrected chi connectivity index (χ2v) is 8.76. The number of piperazine rings is 1. The number of thioether (sulfide) groups is 1. The van der Waals surface area contributed by atoms with Gasteiger partial charge >= 0.3 is 0 Å². The van der Waals surface area contributed by atoms with Crippen LogP contribution in [0.5, 0.6) is 0 Å². The van der Waals surface area contributed by atoms with Crippen molar-refractivity contribution in [3.63, 3.8) is 0 Å². The van der Waals surface area contributed by atoms with E-state index in [9.17, 15) is 9.59 Å². The molecule has 4 rings (SSSR count). The Kier molecular flexibility index (Phi) is 6.13. The van der Waals surface area contributed by atoms with E-state index in [1.807, 2.05) is 42.2 Å². The van der Waals surface area contributed by atoms with Crippen molar-refractivity contribution in [3.8, 4) is 5.69 Å². The predicted octanol–water partition coefficient (Wildman–Crippen LogP) is 3.21. The fourth-order valence-corrected chi connectivity index (χ4v) is 4.61. The predicted molar refractivity (Wildman–Crippen MR) is 122 cm³/mol. The summed E-state index contributed by atoms with van der Waals surface area (Å²) in [5.41, 5.74) is 1.93. The molecular formula is C22H23ClN4O2S. The minimum absolute atomic E-state index is 0.0601. The molecule has 2 aromatic carbocycles. The van der Waals surface area contributed by atoms with Gasteiger partial charge in [0, 0.05) is 31.2 Å². The Balaban J connectivity index is 1.72. The lowest BCUT2D eigenvalue weighted by atomic mass is 10.2. The molecule has 1 saturated heterocycles. The molecule has 2 heterocycles. The SMILES string of the molecule is Cc1c(Cl)cccc1-n1c(SCC(=O)N2CCN(C)CC2)nc2ccccc2c1=O. The first-order valence-electron chi connectivity index (χ1n) is 9.82. The van der Waals surface area contributed by atoms with Crippen LogP contribution in [-0.2, 0) is 4.79 Å². The van der Waals surface area contributed by atoms with E-state index in [0.717, 1.165) is 31.7 Å². The van der Waals surface area contributed by atoms with Gasteiger partial charge in [0.25, 0.3) is 5.56 Å². The van der Waals surface area contributed by atoms with E-state index < -0.39 is 0 Å². The van der Waals surface area contributed by atoms with Gasteiger partial charge in [0.15, 0.2) is 5.16 Å². The van der Waals surface area contributed by atoms with Crippen molar-refractivity contribution in [2.75, 3.05) is 39.0 Å². The molecule has 1 aromatic heterocycles. The van der Waals surface area contributed by atoms with Crippen LogP contribution in [0, 0.1) is 6.92 Å². The lowest BCUT2D eigenvalue weighted by Crippen LogP contribution is -2.47. The Labute approximate surface area is 184 Å². The molecule has 3 aromatic rings. The number of amides is 1. The van der Waals surface area contributed by atoms with E-state index in [4.69, 9.17) is 16.6 Å². The topological polar surface area (TPSA) is 58.4 Å². The highest BCUT2D eigenvalue weighted by atomic mass is 35.5. The molecule has 0 bridgehead atoms. The van der Waals surface area contributed by atoms with Crippen LogP contribution in [0.3, 0.4) is 0 Å². The minimum Gasteiger partial charge on any atom is -0.339 e. The van der Waals surface area contributed by atoms with Gasteiger partial charge in [-0.2, -0.15) is 0 Å². The lowest BCUT2D eigenvalue weighted by Gasteiger charge is -2.32. The number of para-hydroxylation sites is 1. The molecule has 6 nitrogen and oxygen atoms in total. The number of likely N-dealkylation sites (N-methyl/N-ethyl adjacent to an activating group) is 1. The minimum atomic E-state index is -0.166. The number of hydrogen-bond donors (Lipinski definition) is 0. The molecule has 1 aliphatic rings. The van der Waals surface area contributed by atoms with Crippen LogP contribution in [-0.4, -0.2) is 64.2 Å². The van der Waals surface area contributed by atoms with Crippen molar-refractivity contribution in [2.24, 2.45) is 0 Å². The van der Waals surface area contributed by atoms with Crippen molar-refractivity contribution in [2.45, 2.75) is 12.1 Å². The molecular weight excluding hydrogens is 420 g/mol. The second kappa shape index (κ2) is 8.79. The molecule has 0 unspecified atom stereocenters. The Morgan fingerprint density at radius 1 is 1.10 bits per heavy atom. The van der Waals surface area contributed by atoms with Gasteiger partial charge < -0.3 is 9.80 Å². The molecule has 1 fully saturated rings. The Morgan fingerprint density at radius 2 is 1.83 bits per heavy atom. The number of hydrogen-bond acceptors (Lipinski definition) is 5. The molecule has 8 heteroatoms. The summed E-state index contributed by atoms with van der Waals surface area (Å²) < 4.78 is 1.57. The van der Waals surface area contributed by atoms with E-state index in [1.165, 1.54) is 11.8 Å². The van der Waals surface area contributed by atoms with Gasteiger partial charge in [-0.3, -0.25) is 14.2 Å². The first-order valence-corrected chi connectivity index (χ1v) is 11.2. The van der Waals surface area contributed by atoms with E-state index in [1.54, 1.807) is 16.7 Å². The zero-order valence-electron chi connectivity index (χ0n) is 17.0. The maximum Gasteiger partial charge on any atom is 0.266 e. The van der Waals surface area contributed by atoms with Crippen molar-refractivity contribution in [1.29, 1.82) is 0 Å². The van der Waals surface area contributed by atoms with Crippen LogP contribution >= 0.6 is 23.4 Å². The smallest absolute Gasteiger partial charge is 0.266 e. The van der Waals surface area contributed by atoms with Crippen molar-refractivity contribution >= 4 is 40.2 Å². The number of carbonyl (C=O) groups is 1. The average Bonchev–Trinajstić information content (AvgIpc) is 2.75. The van der Waals surface area contributed by atoms with Crippen LogP contribution in [0.25, 0.3) is 16.6 Å². The van der Waals surface area contributed by atoms with Gasteiger partial charge in [-0.1, -0.05) is 41.6 Å². The highest BCUT2D eigenvalue weighted by molar-refractivity contribution is 7.99. The highest BCUT2D eigenvalue weighted by Gasteiger charge is 2.21. The third-order valence-electron chi connectivity index (χ3n) is 5.41. The van der Waals surface area contributed by atoms with Crippen LogP contribution in [0.15, 0.2) is 52.4 Å². The number of rotatable bonds is 4. The number of benzene rings is 2. The number of halogens is 1. The van der Waals surface area contributed by atoms with E-state index in [-0.39, 0.29) is 17.2 Å². The Bertz CT molecular complexity index is 1160. The van der Waals surface area contributed by atoms with Gasteiger partial charge in [-0.25, -0.2) is 4.98 Å². The van der Waals surface area contributed by atoms with Crippen molar-refractivity contribution in [3.05, 3.63) is 63.4 Å². The molecule has 1 aliphatic heterocycles. The highest BCUT2D eigenvalue weighted by Crippen LogP contribution is 2.26. The molecule has 0 N–H and O–H groups in total. The summed E-state index contributed by atoms with van der Waals surface area (Å²) in [4.78, 5) is 34.9. The molecule has 30 heavy (non-hydrogen) atoms. The van der Waals surface area contributed by atoms with Crippen LogP contribution in [0.2, 0.25) is 5.02 Å². The molecule has 0 saturated carbocycles. The summed E-state index contributed by atoms with van der Waals surface area (Å²) in [7, 11) is 2.06. The fourth-order valence-electron chi connectivity index (χ4n) is 3.53. The average molecular weight is 443 g/mol. The first-order chi connectivity index (χ1) is 14.5. The van der Waals surface area contributed by atoms with Crippen LogP contribution < -0.4 is 5.56 Å². The summed E-state index contributed by atoms with van der Waals surface area (Å²) in [6, 6.07) is 12.7. The standard InChI is InChI=1S/C22H23ClN4O2S/c1-15-17(23)7-5-9-19(15)27-21(29)16-6-3-4-8-18(16)24-22(27)30-14-20(28)26-12-10-25(2)11-13-26/h3-9H,10-14H2,1-2H3. The van der Waals surface area contributed by atoms with E-state index in [2.05, 4.69) is 11.9 Å². The Morgan fingerprint density at radius 3 is 2.60 bits per heavy atom. The van der Waals surface area contributed by atoms with E-state index in [0.29, 0.717) is 26.8 Å². The van der Waals surface area contributed by atoms with E-state index >= 15 is 0 Å². The second-order valence-electron chi connectivity index (χ2n) is 7.41. The summed E-state index contributed by atoms with van der Waals surface area (Å²) in [6.07, 6.45) is 0. The number of aromatic nitrogens is 2. The number of carbonyl (C=O) groups excluding carboxylic acids is 1. The lowest BCUT2D eigenvalue weighted by molar-refractivity contribution is -0.129. The van der Waals surface area contributed by atoms with Gasteiger partial charge in [-0.15, -0.1) is 0 Å². The summed E-state index contributed by atoms with van der Waals surface area (Å²) in [5.74, 6) is 0.290. The van der Waals surface area contributed by atoms with Crippen LogP contribution in [0.4, 0.5) is 0 Å². The third-order valence-corrected chi connectivity index (χ3v) is 6.74. The van der Waals surface area contributed by atoms with Gasteiger partial charge in [0.2, 0.25) is 5.91 Å². The fraction of sp³-hybridized carbons (Fsp3) is 0.318. The quantitative estimate of drug-likeness (QED) is 0.458. The maximum absolute atomic E-state index is 13.4. The summed E-state index contributed by atoms with van der Waals surface area (Å²) in [6.45, 7) is 5.07. The molecule has 0 aliphatic carbocycles. The Hall–Kier alpha value is -2.35. The molecule has 0 spiro atoms. The zero-order chi connectivity index (χ0) is 21.3. The largest absolute Gasteiger partial charge is 0.339 e. The molecule has 1 amide bonds. The molecule has 0 atom stereocenters. The van der Waals surface area contributed by atoms with Gasteiger partial charge in [0.05, 0.1) is 22.3 Å². The monoisotopic (exact) mass is 442 g/mol. The van der Waals surface area contributed by atoms with Crippen molar-refractivity contribution in [1.82, 2.24) is 19.4 Å². The summed E-state index contributed by atoms with van der Waals surface area (Å²) >= 11 is 7.61. The first kappa shape index (κ1) is 20.9. The molecule has 0 radical (unpaired) electrons. The summed E-state index contributed by atoms with van der Waals surface area (Å²) in [5, 5.41) is 1.61. The number of nitrogens with zero attached hydrogens (tertiary/aromatic N) is 4. The van der Waals surface area contributed by atoms with Crippen LogP contribution in [0.1, 0.15) is 5.56 Å². The van der Waals surface area contributed by atoms with Crippen molar-refractivity contribution < 1.29 is 4.79 Å². The molecule has 156 valence electrons. The van der Waals surface area contributed by atoms with Gasteiger partial charge in [0.1, 0.15) is 0 Å². The normalized spacial score (nSPS) is 15.0.